The fraction of sp³-hybridized carbons (Fsp3) is 0.231. The molecule has 0 unspecified atom stereocenters. The van der Waals surface area contributed by atoms with E-state index in [9.17, 15) is 9.59 Å². The molecule has 1 aliphatic carbocycles. The molecular weight excluding hydrogens is 466 g/mol. The Bertz CT molecular complexity index is 1350. The minimum absolute atomic E-state index is 0.0413. The Morgan fingerprint density at radius 1 is 0.861 bits per heavy atom. The van der Waals surface area contributed by atoms with E-state index in [1.54, 1.807) is 38.5 Å². The maximum absolute atomic E-state index is 12.8. The second kappa shape index (κ2) is 11.3. The third-order valence-electron chi connectivity index (χ3n) is 5.29. The van der Waals surface area contributed by atoms with Gasteiger partial charge in [0.05, 0.1) is 32.0 Å². The second-order valence-electron chi connectivity index (χ2n) is 7.64. The van der Waals surface area contributed by atoms with Crippen LogP contribution >= 0.6 is 0 Å². The summed E-state index contributed by atoms with van der Waals surface area (Å²) in [5, 5.41) is 3.53. The third-order valence-corrected chi connectivity index (χ3v) is 5.29. The molecule has 0 amide bonds. The molecule has 0 radical (unpaired) electrons. The van der Waals surface area contributed by atoms with E-state index in [1.807, 2.05) is 12.1 Å². The Morgan fingerprint density at radius 3 is 2.50 bits per heavy atom. The maximum atomic E-state index is 12.8. The minimum atomic E-state index is -0.440. The summed E-state index contributed by atoms with van der Waals surface area (Å²) < 4.78 is 27.0. The number of benzene rings is 2. The lowest BCUT2D eigenvalue weighted by Gasteiger charge is -2.16. The lowest BCUT2D eigenvalue weighted by Crippen LogP contribution is -2.20. The number of hydrogen-bond donors (Lipinski definition) is 1. The van der Waals surface area contributed by atoms with Gasteiger partial charge in [0.2, 0.25) is 11.6 Å². The van der Waals surface area contributed by atoms with E-state index in [4.69, 9.17) is 23.7 Å². The van der Waals surface area contributed by atoms with Crippen molar-refractivity contribution in [3.05, 3.63) is 71.9 Å². The molecule has 1 aliphatic rings. The van der Waals surface area contributed by atoms with Crippen molar-refractivity contribution >= 4 is 28.3 Å². The number of allylic oxidation sites excluding steroid dienone is 2. The van der Waals surface area contributed by atoms with Gasteiger partial charge in [0.1, 0.15) is 31.1 Å². The van der Waals surface area contributed by atoms with Gasteiger partial charge in [-0.15, -0.1) is 0 Å². The summed E-state index contributed by atoms with van der Waals surface area (Å²) in [5.41, 5.74) is 1.43. The molecular formula is C26H25N3O7. The topological polar surface area (TPSA) is 118 Å². The number of fused-ring (bicyclic) bond motifs is 1. The van der Waals surface area contributed by atoms with Crippen molar-refractivity contribution in [2.45, 2.75) is 6.61 Å². The Hall–Kier alpha value is -4.44. The summed E-state index contributed by atoms with van der Waals surface area (Å²) >= 11 is 0. The number of hydrogen-bond acceptors (Lipinski definition) is 10. The molecule has 0 aliphatic heterocycles. The lowest BCUT2D eigenvalue weighted by atomic mass is 10.1. The highest BCUT2D eigenvalue weighted by Gasteiger charge is 2.23. The van der Waals surface area contributed by atoms with Crippen molar-refractivity contribution in [2.24, 2.45) is 0 Å². The number of ketones is 2. The zero-order valence-corrected chi connectivity index (χ0v) is 20.1. The molecule has 0 spiro atoms. The van der Waals surface area contributed by atoms with Gasteiger partial charge in [-0.3, -0.25) is 9.59 Å². The van der Waals surface area contributed by atoms with Crippen molar-refractivity contribution < 1.29 is 33.3 Å². The zero-order valence-electron chi connectivity index (χ0n) is 20.1. The molecule has 0 atom stereocenters. The first-order valence-corrected chi connectivity index (χ1v) is 11.0. The van der Waals surface area contributed by atoms with Gasteiger partial charge in [-0.2, -0.15) is 0 Å². The van der Waals surface area contributed by atoms with Gasteiger partial charge >= 0.3 is 0 Å². The predicted molar refractivity (Wildman–Crippen MR) is 131 cm³/mol. The summed E-state index contributed by atoms with van der Waals surface area (Å²) in [7, 11) is 4.67. The average Bonchev–Trinajstić information content (AvgIpc) is 2.89. The highest BCUT2D eigenvalue weighted by Crippen LogP contribution is 2.34. The first-order chi connectivity index (χ1) is 17.5. The summed E-state index contributed by atoms with van der Waals surface area (Å²) in [6.07, 6.45) is 3.71. The number of methoxy groups -OCH3 is 3. The predicted octanol–water partition coefficient (Wildman–Crippen LogP) is 3.22. The molecule has 2 aromatic carbocycles. The van der Waals surface area contributed by atoms with E-state index in [0.717, 1.165) is 11.6 Å². The lowest BCUT2D eigenvalue weighted by molar-refractivity contribution is -0.117. The van der Waals surface area contributed by atoms with Crippen LogP contribution in [0, 0.1) is 0 Å². The van der Waals surface area contributed by atoms with Crippen LogP contribution in [-0.4, -0.2) is 56.1 Å². The molecule has 1 N–H and O–H groups in total. The van der Waals surface area contributed by atoms with Crippen molar-refractivity contribution in [3.8, 4) is 17.2 Å². The number of carbonyl (C=O) groups excluding carboxylic acids is 2. The van der Waals surface area contributed by atoms with E-state index >= 15 is 0 Å². The van der Waals surface area contributed by atoms with Crippen LogP contribution in [0.3, 0.4) is 0 Å². The Labute approximate surface area is 207 Å². The first-order valence-electron chi connectivity index (χ1n) is 11.0. The van der Waals surface area contributed by atoms with Crippen LogP contribution in [0.25, 0.3) is 10.9 Å². The van der Waals surface area contributed by atoms with Gasteiger partial charge in [-0.25, -0.2) is 9.97 Å². The molecule has 1 heterocycles. The second-order valence-corrected chi connectivity index (χ2v) is 7.64. The number of rotatable bonds is 11. The highest BCUT2D eigenvalue weighted by molar-refractivity contribution is 6.20. The van der Waals surface area contributed by atoms with Crippen LogP contribution in [0.15, 0.2) is 66.3 Å². The van der Waals surface area contributed by atoms with E-state index in [2.05, 4.69) is 15.3 Å². The van der Waals surface area contributed by atoms with Crippen molar-refractivity contribution in [1.82, 2.24) is 9.97 Å². The van der Waals surface area contributed by atoms with Gasteiger partial charge < -0.3 is 29.0 Å². The highest BCUT2D eigenvalue weighted by atomic mass is 16.5. The molecule has 36 heavy (non-hydrogen) atoms. The molecule has 10 heteroatoms. The van der Waals surface area contributed by atoms with Crippen molar-refractivity contribution in [3.63, 3.8) is 0 Å². The summed E-state index contributed by atoms with van der Waals surface area (Å²) in [5.74, 6) is 1.06. The Balaban J connectivity index is 1.51. The third kappa shape index (κ3) is 5.61. The number of aromatic nitrogens is 2. The fourth-order valence-electron chi connectivity index (χ4n) is 3.47. The minimum Gasteiger partial charge on any atom is -0.497 e. The molecule has 1 aromatic heterocycles. The average molecular weight is 492 g/mol. The molecule has 10 nitrogen and oxygen atoms in total. The Morgan fingerprint density at radius 2 is 1.72 bits per heavy atom. The molecule has 0 bridgehead atoms. The smallest absolute Gasteiger partial charge is 0.222 e. The van der Waals surface area contributed by atoms with Gasteiger partial charge in [-0.05, 0) is 23.8 Å². The summed E-state index contributed by atoms with van der Waals surface area (Å²) in [6.45, 7) is 0.872. The maximum Gasteiger partial charge on any atom is 0.222 e. The number of ether oxygens (including phenoxy) is 5. The van der Waals surface area contributed by atoms with Crippen LogP contribution in [0.5, 0.6) is 17.2 Å². The standard InChI is InChI=1S/C26H25N3O7/c1-32-7-8-35-25-12-19-18(10-24(25)34-3)26(28-15-27-19)29-20-11-22(31)23(13-21(20)30)36-14-16-5-4-6-17(9-16)33-2/h4-6,9-13,15H,7-8,14H2,1-3H3,(H,27,28,29). The largest absolute Gasteiger partial charge is 0.497 e. The molecule has 186 valence electrons. The van der Waals surface area contributed by atoms with E-state index in [-0.39, 0.29) is 18.1 Å². The van der Waals surface area contributed by atoms with Crippen LogP contribution in [0.1, 0.15) is 5.56 Å². The van der Waals surface area contributed by atoms with Crippen LogP contribution in [-0.2, 0) is 25.7 Å². The summed E-state index contributed by atoms with van der Waals surface area (Å²) in [6, 6.07) is 10.7. The number of nitrogens with zero attached hydrogens (tertiary/aromatic N) is 2. The Kier molecular flexibility index (Phi) is 7.76. The number of nitrogens with one attached hydrogen (secondary N) is 1. The van der Waals surface area contributed by atoms with E-state index < -0.39 is 11.6 Å². The molecule has 0 saturated heterocycles. The van der Waals surface area contributed by atoms with Gasteiger partial charge in [0.15, 0.2) is 17.3 Å². The fourth-order valence-corrected chi connectivity index (χ4v) is 3.47. The van der Waals surface area contributed by atoms with Gasteiger partial charge in [-0.1, -0.05) is 12.1 Å². The van der Waals surface area contributed by atoms with Crippen molar-refractivity contribution in [2.75, 3.05) is 39.9 Å². The molecule has 0 fully saturated rings. The molecule has 0 saturated carbocycles. The SMILES string of the molecule is COCCOc1cc2ncnc(NC3=CC(=O)C(OCc4cccc(OC)c4)=CC3=O)c2cc1OC. The van der Waals surface area contributed by atoms with Gasteiger partial charge in [0, 0.05) is 30.7 Å². The van der Waals surface area contributed by atoms with E-state index in [0.29, 0.717) is 47.2 Å². The van der Waals surface area contributed by atoms with Crippen LogP contribution in [0.2, 0.25) is 0 Å². The van der Waals surface area contributed by atoms with Crippen LogP contribution < -0.4 is 19.5 Å². The zero-order chi connectivity index (χ0) is 25.5. The van der Waals surface area contributed by atoms with Crippen molar-refractivity contribution in [1.29, 1.82) is 0 Å². The number of carbonyl (C=O) groups is 2. The molecule has 4 rings (SSSR count). The molecule has 3 aromatic rings. The van der Waals surface area contributed by atoms with E-state index in [1.165, 1.54) is 19.5 Å². The normalized spacial score (nSPS) is 13.2. The monoisotopic (exact) mass is 491 g/mol. The number of anilines is 1. The van der Waals surface area contributed by atoms with Gasteiger partial charge in [0.25, 0.3) is 0 Å². The van der Waals surface area contributed by atoms with Crippen LogP contribution in [0.4, 0.5) is 5.82 Å². The first kappa shape index (κ1) is 24.7. The summed E-state index contributed by atoms with van der Waals surface area (Å²) in [4.78, 5) is 33.9. The quantitative estimate of drug-likeness (QED) is 0.316.